The summed E-state index contributed by atoms with van der Waals surface area (Å²) in [5.74, 6) is -1.66. The zero-order chi connectivity index (χ0) is 17.7. The van der Waals surface area contributed by atoms with Gasteiger partial charge in [-0.3, -0.25) is 16.5 Å². The van der Waals surface area contributed by atoms with E-state index in [-0.39, 0.29) is 5.82 Å². The summed E-state index contributed by atoms with van der Waals surface area (Å²) >= 11 is 0. The van der Waals surface area contributed by atoms with Crippen molar-refractivity contribution in [2.45, 2.75) is 18.8 Å². The van der Waals surface area contributed by atoms with Crippen LogP contribution < -0.4 is 16.5 Å². The molecule has 3 rings (SSSR count). The van der Waals surface area contributed by atoms with Gasteiger partial charge in [0.1, 0.15) is 5.82 Å². The number of aryl methyl sites for hydroxylation is 1. The molecule has 2 aromatic carbocycles. The van der Waals surface area contributed by atoms with Crippen LogP contribution in [0.1, 0.15) is 12.0 Å². The number of nitrogens with zero attached hydrogens (tertiary/aromatic N) is 3. The average Bonchev–Trinajstić information content (AvgIpc) is 2.61. The van der Waals surface area contributed by atoms with Gasteiger partial charge in [-0.2, -0.15) is 0 Å². The first-order valence-corrected chi connectivity index (χ1v) is 8.22. The van der Waals surface area contributed by atoms with Gasteiger partial charge in [0.05, 0.1) is 5.69 Å². The topological polar surface area (TPSA) is 70.9 Å². The predicted octanol–water partition coefficient (Wildman–Crippen LogP) is 2.61. The van der Waals surface area contributed by atoms with Crippen molar-refractivity contribution < 1.29 is 4.39 Å². The van der Waals surface area contributed by atoms with Gasteiger partial charge in [0.2, 0.25) is 0 Å². The van der Waals surface area contributed by atoms with Gasteiger partial charge in [-0.05, 0) is 48.7 Å². The van der Waals surface area contributed by atoms with Crippen LogP contribution in [0.4, 0.5) is 10.1 Å². The Morgan fingerprint density at radius 2 is 1.76 bits per heavy atom. The van der Waals surface area contributed by atoms with E-state index in [0.717, 1.165) is 18.5 Å². The van der Waals surface area contributed by atoms with Gasteiger partial charge in [-0.15, -0.1) is 0 Å². The van der Waals surface area contributed by atoms with Crippen LogP contribution >= 0.6 is 0 Å². The average molecular weight is 339 g/mol. The quantitative estimate of drug-likeness (QED) is 0.794. The fourth-order valence-corrected chi connectivity index (χ4v) is 2.79. The molecule has 5 nitrogen and oxygen atoms in total. The maximum absolute atomic E-state index is 13.3. The second kappa shape index (κ2) is 7.46. The highest BCUT2D eigenvalue weighted by atomic mass is 19.1. The lowest BCUT2D eigenvalue weighted by Gasteiger charge is -2.44. The molecule has 1 aliphatic heterocycles. The number of hydrazine groups is 1. The molecule has 0 unspecified atom stereocenters. The summed E-state index contributed by atoms with van der Waals surface area (Å²) in [7, 11) is 0. The monoisotopic (exact) mass is 339 g/mol. The molecule has 0 bridgehead atoms. The third-order valence-corrected chi connectivity index (χ3v) is 4.02. The fourth-order valence-electron chi connectivity index (χ4n) is 2.79. The Hall–Kier alpha value is -2.70. The lowest BCUT2D eigenvalue weighted by molar-refractivity contribution is 0.147. The number of allylic oxidation sites excluding steroid dienone is 1. The third kappa shape index (κ3) is 4.23. The standard InChI is InChI=1S/C19H22FN5/c20-17-9-11-18(12-10-17)24(25-15-5-13-23-19(25,21)22)14-4-8-16-6-2-1-3-7-16/h1-3,5-7,9-13,15H,4,8,14,21-22H2. The first-order valence-electron chi connectivity index (χ1n) is 8.22. The van der Waals surface area contributed by atoms with Gasteiger partial charge in [0.25, 0.3) is 5.91 Å². The number of aliphatic imine (C=N–C) groups is 1. The molecule has 2 aromatic rings. The fraction of sp³-hybridized carbons (Fsp3) is 0.211. The molecule has 0 aromatic heterocycles. The van der Waals surface area contributed by atoms with Gasteiger partial charge in [0.15, 0.2) is 0 Å². The molecule has 0 spiro atoms. The zero-order valence-corrected chi connectivity index (χ0v) is 13.9. The van der Waals surface area contributed by atoms with Crippen molar-refractivity contribution in [1.82, 2.24) is 5.01 Å². The SMILES string of the molecule is NC1(N)N=CC=CN1N(CCCc1ccccc1)c1ccc(F)cc1. The Morgan fingerprint density at radius 1 is 1.04 bits per heavy atom. The minimum Gasteiger partial charge on any atom is -0.282 e. The Kier molecular flexibility index (Phi) is 5.11. The van der Waals surface area contributed by atoms with Crippen LogP contribution in [-0.2, 0) is 6.42 Å². The van der Waals surface area contributed by atoms with Crippen LogP contribution in [0.15, 0.2) is 71.9 Å². The van der Waals surface area contributed by atoms with Crippen molar-refractivity contribution in [3.63, 3.8) is 0 Å². The summed E-state index contributed by atoms with van der Waals surface area (Å²) in [4.78, 5) is 4.13. The highest BCUT2D eigenvalue weighted by Gasteiger charge is 2.31. The maximum atomic E-state index is 13.3. The molecule has 25 heavy (non-hydrogen) atoms. The molecule has 1 heterocycles. The number of hydrogen-bond donors (Lipinski definition) is 2. The lowest BCUT2D eigenvalue weighted by atomic mass is 10.1. The minimum atomic E-state index is -1.38. The van der Waals surface area contributed by atoms with Crippen LogP contribution in [0.3, 0.4) is 0 Å². The molecule has 130 valence electrons. The summed E-state index contributed by atoms with van der Waals surface area (Å²) < 4.78 is 13.3. The number of anilines is 1. The molecule has 0 fully saturated rings. The molecule has 0 aliphatic carbocycles. The van der Waals surface area contributed by atoms with Crippen LogP contribution in [0, 0.1) is 5.82 Å². The molecule has 0 atom stereocenters. The van der Waals surface area contributed by atoms with Crippen molar-refractivity contribution in [3.05, 3.63) is 78.3 Å². The molecular weight excluding hydrogens is 317 g/mol. The second-order valence-electron chi connectivity index (χ2n) is 5.94. The molecule has 0 radical (unpaired) electrons. The number of hydrogen-bond acceptors (Lipinski definition) is 5. The van der Waals surface area contributed by atoms with Crippen LogP contribution in [-0.4, -0.2) is 23.7 Å². The summed E-state index contributed by atoms with van der Waals surface area (Å²) in [6, 6.07) is 16.5. The molecule has 6 heteroatoms. The van der Waals surface area contributed by atoms with E-state index in [2.05, 4.69) is 17.1 Å². The van der Waals surface area contributed by atoms with Crippen LogP contribution in [0.25, 0.3) is 0 Å². The Morgan fingerprint density at radius 3 is 2.44 bits per heavy atom. The maximum Gasteiger partial charge on any atom is 0.259 e. The number of rotatable bonds is 6. The molecular formula is C19H22FN5. The van der Waals surface area contributed by atoms with E-state index < -0.39 is 5.91 Å². The Labute approximate surface area is 147 Å². The van der Waals surface area contributed by atoms with Crippen molar-refractivity contribution in [1.29, 1.82) is 0 Å². The van der Waals surface area contributed by atoms with E-state index in [9.17, 15) is 4.39 Å². The number of benzene rings is 2. The molecule has 4 N–H and O–H groups in total. The molecule has 1 aliphatic rings. The van der Waals surface area contributed by atoms with E-state index in [0.29, 0.717) is 6.54 Å². The van der Waals surface area contributed by atoms with Gasteiger partial charge in [-0.1, -0.05) is 30.3 Å². The highest BCUT2D eigenvalue weighted by molar-refractivity contribution is 5.72. The predicted molar refractivity (Wildman–Crippen MR) is 99.1 cm³/mol. The zero-order valence-electron chi connectivity index (χ0n) is 13.9. The minimum absolute atomic E-state index is 0.285. The van der Waals surface area contributed by atoms with Gasteiger partial charge in [0, 0.05) is 19.0 Å². The van der Waals surface area contributed by atoms with E-state index in [1.807, 2.05) is 23.2 Å². The van der Waals surface area contributed by atoms with E-state index in [1.165, 1.54) is 17.7 Å². The van der Waals surface area contributed by atoms with Crippen molar-refractivity contribution in [3.8, 4) is 0 Å². The van der Waals surface area contributed by atoms with Crippen LogP contribution in [0.5, 0.6) is 0 Å². The summed E-state index contributed by atoms with van der Waals surface area (Å²) in [5, 5.41) is 3.60. The third-order valence-electron chi connectivity index (χ3n) is 4.02. The molecule has 0 saturated carbocycles. The highest BCUT2D eigenvalue weighted by Crippen LogP contribution is 2.23. The summed E-state index contributed by atoms with van der Waals surface area (Å²) in [6.45, 7) is 0.663. The second-order valence-corrected chi connectivity index (χ2v) is 5.94. The van der Waals surface area contributed by atoms with Gasteiger partial charge < -0.3 is 0 Å². The lowest BCUT2D eigenvalue weighted by Crippen LogP contribution is -2.66. The number of halogens is 1. The summed E-state index contributed by atoms with van der Waals surface area (Å²) in [5.41, 5.74) is 14.3. The van der Waals surface area contributed by atoms with E-state index >= 15 is 0 Å². The smallest absolute Gasteiger partial charge is 0.259 e. The largest absolute Gasteiger partial charge is 0.282 e. The first kappa shape index (κ1) is 17.1. The number of nitrogens with two attached hydrogens (primary N) is 2. The van der Waals surface area contributed by atoms with E-state index in [1.54, 1.807) is 35.6 Å². The Bertz CT molecular complexity index is 740. The first-order chi connectivity index (χ1) is 12.1. The molecule has 0 amide bonds. The summed E-state index contributed by atoms with van der Waals surface area (Å²) in [6.07, 6.45) is 6.92. The van der Waals surface area contributed by atoms with Crippen molar-refractivity contribution >= 4 is 11.9 Å². The van der Waals surface area contributed by atoms with E-state index in [4.69, 9.17) is 11.5 Å². The van der Waals surface area contributed by atoms with Gasteiger partial charge in [-0.25, -0.2) is 14.4 Å². The van der Waals surface area contributed by atoms with Gasteiger partial charge >= 0.3 is 0 Å². The molecule has 0 saturated heterocycles. The van der Waals surface area contributed by atoms with Crippen molar-refractivity contribution in [2.24, 2.45) is 16.5 Å². The van der Waals surface area contributed by atoms with Crippen LogP contribution in [0.2, 0.25) is 0 Å². The van der Waals surface area contributed by atoms with Crippen molar-refractivity contribution in [2.75, 3.05) is 11.6 Å². The Balaban J connectivity index is 1.78. The normalized spacial score (nSPS) is 15.4.